The van der Waals surface area contributed by atoms with Crippen molar-refractivity contribution in [2.75, 3.05) is 4.90 Å². The van der Waals surface area contributed by atoms with Crippen LogP contribution in [0.2, 0.25) is 0 Å². The fraction of sp³-hybridized carbons (Fsp3) is 0.0556. The summed E-state index contributed by atoms with van der Waals surface area (Å²) in [5.74, 6) is 0.454. The van der Waals surface area contributed by atoms with E-state index in [1.807, 2.05) is 11.3 Å². The first-order valence-electron chi connectivity index (χ1n) is 13.1. The maximum atomic E-state index is 2.34. The van der Waals surface area contributed by atoms with Gasteiger partial charge >= 0.3 is 0 Å². The second-order valence-electron chi connectivity index (χ2n) is 9.75. The van der Waals surface area contributed by atoms with Gasteiger partial charge in [-0.2, -0.15) is 0 Å². The van der Waals surface area contributed by atoms with Crippen molar-refractivity contribution >= 4 is 48.6 Å². The summed E-state index contributed by atoms with van der Waals surface area (Å²) in [6.45, 7) is 0. The Balaban J connectivity index is 1.27. The minimum Gasteiger partial charge on any atom is -0.311 e. The molecule has 1 aliphatic rings. The number of hydrogen-bond donors (Lipinski definition) is 0. The molecule has 38 heavy (non-hydrogen) atoms. The molecule has 0 aliphatic heterocycles. The highest BCUT2D eigenvalue weighted by atomic mass is 32.1. The van der Waals surface area contributed by atoms with E-state index in [0.29, 0.717) is 5.92 Å². The summed E-state index contributed by atoms with van der Waals surface area (Å²) in [5.41, 5.74) is 7.35. The SMILES string of the molecule is C1=CCC(c2ccc(N(c3ccccc3)c3ccc(-c4cccc5c4sc4ccccc45)cc3)cc2)C=C1. The van der Waals surface area contributed by atoms with Crippen molar-refractivity contribution in [3.63, 3.8) is 0 Å². The first-order chi connectivity index (χ1) is 18.8. The van der Waals surface area contributed by atoms with Crippen LogP contribution >= 0.6 is 11.3 Å². The Morgan fingerprint density at radius 2 is 1.26 bits per heavy atom. The number of allylic oxidation sites excluding steroid dienone is 4. The van der Waals surface area contributed by atoms with Crippen molar-refractivity contribution in [3.05, 3.63) is 151 Å². The van der Waals surface area contributed by atoms with Gasteiger partial charge in [0.2, 0.25) is 0 Å². The first-order valence-corrected chi connectivity index (χ1v) is 14.0. The van der Waals surface area contributed by atoms with Gasteiger partial charge in [0.1, 0.15) is 0 Å². The normalized spacial score (nSPS) is 14.8. The average molecular weight is 506 g/mol. The summed E-state index contributed by atoms with van der Waals surface area (Å²) in [5, 5.41) is 2.67. The van der Waals surface area contributed by atoms with E-state index >= 15 is 0 Å². The van der Waals surface area contributed by atoms with E-state index in [0.717, 1.165) is 23.5 Å². The highest BCUT2D eigenvalue weighted by Gasteiger charge is 2.15. The zero-order chi connectivity index (χ0) is 25.3. The number of benzene rings is 5. The van der Waals surface area contributed by atoms with Gasteiger partial charge in [-0.05, 0) is 65.6 Å². The minimum atomic E-state index is 0.454. The monoisotopic (exact) mass is 505 g/mol. The van der Waals surface area contributed by atoms with E-state index in [1.165, 1.54) is 36.9 Å². The summed E-state index contributed by atoms with van der Waals surface area (Å²) in [7, 11) is 0. The van der Waals surface area contributed by atoms with Gasteiger partial charge in [0.15, 0.2) is 0 Å². The Bertz CT molecular complexity index is 1770. The minimum absolute atomic E-state index is 0.454. The van der Waals surface area contributed by atoms with Gasteiger partial charge in [0, 0.05) is 43.2 Å². The van der Waals surface area contributed by atoms with Gasteiger partial charge in [-0.3, -0.25) is 0 Å². The summed E-state index contributed by atoms with van der Waals surface area (Å²) < 4.78 is 2.69. The highest BCUT2D eigenvalue weighted by molar-refractivity contribution is 7.26. The van der Waals surface area contributed by atoms with Crippen molar-refractivity contribution in [2.45, 2.75) is 12.3 Å². The van der Waals surface area contributed by atoms with E-state index in [2.05, 4.69) is 151 Å². The first kappa shape index (κ1) is 22.8. The number of hydrogen-bond acceptors (Lipinski definition) is 2. The maximum Gasteiger partial charge on any atom is 0.0462 e. The molecule has 1 heterocycles. The van der Waals surface area contributed by atoms with Gasteiger partial charge in [0.25, 0.3) is 0 Å². The molecule has 1 aliphatic carbocycles. The fourth-order valence-corrected chi connectivity index (χ4v) is 6.73. The molecule has 0 amide bonds. The smallest absolute Gasteiger partial charge is 0.0462 e. The summed E-state index contributed by atoms with van der Waals surface area (Å²) >= 11 is 1.88. The zero-order valence-corrected chi connectivity index (χ0v) is 21.8. The van der Waals surface area contributed by atoms with Crippen LogP contribution in [0.5, 0.6) is 0 Å². The summed E-state index contributed by atoms with van der Waals surface area (Å²) in [4.78, 5) is 2.34. The van der Waals surface area contributed by atoms with Gasteiger partial charge in [0.05, 0.1) is 0 Å². The van der Waals surface area contributed by atoms with Gasteiger partial charge < -0.3 is 4.90 Å². The van der Waals surface area contributed by atoms with Crippen LogP contribution < -0.4 is 4.90 Å². The van der Waals surface area contributed by atoms with Crippen LogP contribution in [0.25, 0.3) is 31.3 Å². The van der Waals surface area contributed by atoms with Crippen LogP contribution in [-0.2, 0) is 0 Å². The third kappa shape index (κ3) is 4.13. The van der Waals surface area contributed by atoms with E-state index in [9.17, 15) is 0 Å². The number of para-hydroxylation sites is 1. The lowest BCUT2D eigenvalue weighted by Gasteiger charge is -2.26. The topological polar surface area (TPSA) is 3.24 Å². The molecule has 0 fully saturated rings. The molecule has 1 aromatic heterocycles. The quantitative estimate of drug-likeness (QED) is 0.225. The Hall–Kier alpha value is -4.40. The van der Waals surface area contributed by atoms with E-state index < -0.39 is 0 Å². The average Bonchev–Trinajstić information content (AvgIpc) is 3.38. The number of rotatable bonds is 5. The van der Waals surface area contributed by atoms with Crippen LogP contribution in [-0.4, -0.2) is 0 Å². The van der Waals surface area contributed by atoms with Crippen LogP contribution in [0.1, 0.15) is 17.9 Å². The summed E-state index contributed by atoms with van der Waals surface area (Å²) in [6, 6.07) is 44.1. The van der Waals surface area contributed by atoms with Gasteiger partial charge in [-0.1, -0.05) is 103 Å². The summed E-state index contributed by atoms with van der Waals surface area (Å²) in [6.07, 6.45) is 9.88. The van der Waals surface area contributed by atoms with Crippen LogP contribution in [0.3, 0.4) is 0 Å². The van der Waals surface area contributed by atoms with E-state index in [1.54, 1.807) is 0 Å². The molecular formula is C36H27NS. The molecule has 2 heteroatoms. The molecule has 1 atom stereocenters. The zero-order valence-electron chi connectivity index (χ0n) is 21.0. The third-order valence-corrected chi connectivity index (χ3v) is 8.64. The molecule has 7 rings (SSSR count). The van der Waals surface area contributed by atoms with E-state index in [-0.39, 0.29) is 0 Å². The molecule has 0 N–H and O–H groups in total. The lowest BCUT2D eigenvalue weighted by atomic mass is 9.92. The lowest BCUT2D eigenvalue weighted by Crippen LogP contribution is -2.10. The molecule has 0 radical (unpaired) electrons. The van der Waals surface area contributed by atoms with Crippen molar-refractivity contribution in [1.82, 2.24) is 0 Å². The Labute approximate surface area is 227 Å². The third-order valence-electron chi connectivity index (χ3n) is 7.42. The largest absolute Gasteiger partial charge is 0.311 e. The van der Waals surface area contributed by atoms with Crippen molar-refractivity contribution in [1.29, 1.82) is 0 Å². The molecular weight excluding hydrogens is 478 g/mol. The number of fused-ring (bicyclic) bond motifs is 3. The second kappa shape index (κ2) is 9.81. The molecule has 1 unspecified atom stereocenters. The van der Waals surface area contributed by atoms with E-state index in [4.69, 9.17) is 0 Å². The number of nitrogens with zero attached hydrogens (tertiary/aromatic N) is 1. The van der Waals surface area contributed by atoms with Crippen LogP contribution in [0, 0.1) is 0 Å². The van der Waals surface area contributed by atoms with Crippen molar-refractivity contribution < 1.29 is 0 Å². The van der Waals surface area contributed by atoms with Crippen molar-refractivity contribution in [3.8, 4) is 11.1 Å². The van der Waals surface area contributed by atoms with Gasteiger partial charge in [-0.15, -0.1) is 11.3 Å². The van der Waals surface area contributed by atoms with Crippen LogP contribution in [0.15, 0.2) is 146 Å². The highest BCUT2D eigenvalue weighted by Crippen LogP contribution is 2.41. The molecule has 1 nitrogen and oxygen atoms in total. The molecule has 0 saturated carbocycles. The molecule has 6 aromatic rings. The Morgan fingerprint density at radius 3 is 2.03 bits per heavy atom. The molecule has 0 bridgehead atoms. The Morgan fingerprint density at radius 1 is 0.579 bits per heavy atom. The van der Waals surface area contributed by atoms with Crippen molar-refractivity contribution in [2.24, 2.45) is 0 Å². The molecule has 5 aromatic carbocycles. The number of anilines is 3. The second-order valence-corrected chi connectivity index (χ2v) is 10.8. The lowest BCUT2D eigenvalue weighted by molar-refractivity contribution is 0.854. The predicted molar refractivity (Wildman–Crippen MR) is 165 cm³/mol. The fourth-order valence-electron chi connectivity index (χ4n) is 5.49. The number of thiophene rings is 1. The molecule has 182 valence electrons. The Kier molecular flexibility index (Phi) is 5.88. The standard InChI is InChI=1S/C36H27NS/c1-3-10-26(11-4-1)27-18-22-30(23-19-27)37(29-12-5-2-6-13-29)31-24-20-28(21-25-31)32-15-9-16-34-33-14-7-8-17-35(33)38-36(32)34/h1-10,12-26H,11H2. The molecule has 0 saturated heterocycles. The van der Waals surface area contributed by atoms with Gasteiger partial charge in [-0.25, -0.2) is 0 Å². The molecule has 0 spiro atoms. The predicted octanol–water partition coefficient (Wildman–Crippen LogP) is 10.8. The van der Waals surface area contributed by atoms with Crippen LogP contribution in [0.4, 0.5) is 17.1 Å². The maximum absolute atomic E-state index is 2.34.